The second kappa shape index (κ2) is 7.98. The van der Waals surface area contributed by atoms with Crippen LogP contribution in [-0.2, 0) is 5.75 Å². The number of carbonyl (C=O) groups is 1. The Labute approximate surface area is 149 Å². The van der Waals surface area contributed by atoms with Crippen molar-refractivity contribution < 1.29 is 4.79 Å². The molecule has 1 aromatic heterocycles. The van der Waals surface area contributed by atoms with Crippen LogP contribution in [0.2, 0.25) is 0 Å². The number of H-pyrrole nitrogens is 1. The average Bonchev–Trinajstić information content (AvgIpc) is 2.63. The Hall–Kier alpha value is -2.60. The number of hydrogen-bond acceptors (Lipinski definition) is 4. The Morgan fingerprint density at radius 3 is 2.60 bits per heavy atom. The summed E-state index contributed by atoms with van der Waals surface area (Å²) in [6.45, 7) is 2.62. The molecule has 0 atom stereocenters. The molecule has 0 aliphatic rings. The lowest BCUT2D eigenvalue weighted by atomic mass is 10.1. The van der Waals surface area contributed by atoms with Crippen LogP contribution in [0.3, 0.4) is 0 Å². The minimum absolute atomic E-state index is 0.249. The van der Waals surface area contributed by atoms with Gasteiger partial charge in [-0.2, -0.15) is 16.9 Å². The molecule has 1 heterocycles. The number of aromatic nitrogens is 2. The Morgan fingerprint density at radius 2 is 1.84 bits per heavy atom. The van der Waals surface area contributed by atoms with Crippen molar-refractivity contribution in [2.24, 2.45) is 0 Å². The van der Waals surface area contributed by atoms with Crippen LogP contribution >= 0.6 is 11.8 Å². The number of hydrogen-bond donors (Lipinski definition) is 2. The number of aromatic amines is 1. The standard InChI is InChI=1S/C19H19N3O2S/c1-13-6-8-14(9-7-13)12-25-11-10-20-19(24)17-15-4-2-3-5-16(15)18(23)22-21-17/h2-9H,10-12H2,1H3,(H,20,24)(H,22,23). The monoisotopic (exact) mass is 353 g/mol. The minimum atomic E-state index is -0.291. The molecule has 0 fully saturated rings. The van der Waals surface area contributed by atoms with Crippen molar-refractivity contribution in [3.05, 3.63) is 75.7 Å². The van der Waals surface area contributed by atoms with Gasteiger partial charge in [-0.3, -0.25) is 9.59 Å². The van der Waals surface area contributed by atoms with E-state index in [2.05, 4.69) is 46.7 Å². The molecule has 3 aromatic rings. The number of benzene rings is 2. The summed E-state index contributed by atoms with van der Waals surface area (Å²) >= 11 is 1.76. The maximum absolute atomic E-state index is 12.3. The fourth-order valence-electron chi connectivity index (χ4n) is 2.48. The fraction of sp³-hybridized carbons (Fsp3) is 0.211. The van der Waals surface area contributed by atoms with Gasteiger partial charge in [0.05, 0.1) is 5.39 Å². The molecule has 0 aliphatic carbocycles. The summed E-state index contributed by atoms with van der Waals surface area (Å²) in [4.78, 5) is 24.1. The van der Waals surface area contributed by atoms with Crippen molar-refractivity contribution in [1.82, 2.24) is 15.5 Å². The highest BCUT2D eigenvalue weighted by atomic mass is 32.2. The summed E-state index contributed by atoms with van der Waals surface area (Å²) in [5.74, 6) is 1.44. The van der Waals surface area contributed by atoms with Gasteiger partial charge in [0.1, 0.15) is 0 Å². The third-order valence-corrected chi connectivity index (χ3v) is 4.86. The number of amides is 1. The van der Waals surface area contributed by atoms with E-state index in [1.54, 1.807) is 36.0 Å². The van der Waals surface area contributed by atoms with Crippen LogP contribution in [0.25, 0.3) is 10.8 Å². The summed E-state index contributed by atoms with van der Waals surface area (Å²) < 4.78 is 0. The molecule has 25 heavy (non-hydrogen) atoms. The largest absolute Gasteiger partial charge is 0.350 e. The number of carbonyl (C=O) groups excluding carboxylic acids is 1. The van der Waals surface area contributed by atoms with Gasteiger partial charge in [-0.25, -0.2) is 5.10 Å². The van der Waals surface area contributed by atoms with Gasteiger partial charge in [0, 0.05) is 23.4 Å². The number of thioether (sulfide) groups is 1. The van der Waals surface area contributed by atoms with Crippen molar-refractivity contribution in [3.8, 4) is 0 Å². The molecule has 0 unspecified atom stereocenters. The van der Waals surface area contributed by atoms with E-state index >= 15 is 0 Å². The van der Waals surface area contributed by atoms with E-state index in [-0.39, 0.29) is 17.2 Å². The van der Waals surface area contributed by atoms with Gasteiger partial charge in [0.25, 0.3) is 11.5 Å². The predicted octanol–water partition coefficient (Wildman–Crippen LogP) is 2.89. The van der Waals surface area contributed by atoms with Gasteiger partial charge in [-0.15, -0.1) is 0 Å². The van der Waals surface area contributed by atoms with Gasteiger partial charge in [0.2, 0.25) is 0 Å². The number of nitrogens with one attached hydrogen (secondary N) is 2. The molecule has 2 N–H and O–H groups in total. The molecule has 2 aromatic carbocycles. The molecule has 128 valence electrons. The molecule has 0 radical (unpaired) electrons. The van der Waals surface area contributed by atoms with Crippen LogP contribution in [-0.4, -0.2) is 28.4 Å². The molecule has 0 bridgehead atoms. The van der Waals surface area contributed by atoms with Crippen LogP contribution in [0.1, 0.15) is 21.6 Å². The second-order valence-corrected chi connectivity index (χ2v) is 6.85. The third kappa shape index (κ3) is 4.28. The maximum Gasteiger partial charge on any atom is 0.272 e. The smallest absolute Gasteiger partial charge is 0.272 e. The van der Waals surface area contributed by atoms with Crippen LogP contribution in [0.15, 0.2) is 53.3 Å². The zero-order valence-electron chi connectivity index (χ0n) is 13.9. The highest BCUT2D eigenvalue weighted by Crippen LogP contribution is 2.13. The Kier molecular flexibility index (Phi) is 5.50. The summed E-state index contributed by atoms with van der Waals surface area (Å²) in [6, 6.07) is 15.4. The quantitative estimate of drug-likeness (QED) is 0.668. The first-order chi connectivity index (χ1) is 12.1. The normalized spacial score (nSPS) is 10.8. The number of rotatable bonds is 6. The average molecular weight is 353 g/mol. The van der Waals surface area contributed by atoms with E-state index in [1.807, 2.05) is 0 Å². The number of aryl methyl sites for hydroxylation is 1. The lowest BCUT2D eigenvalue weighted by Gasteiger charge is -2.07. The van der Waals surface area contributed by atoms with E-state index in [4.69, 9.17) is 0 Å². The lowest BCUT2D eigenvalue weighted by molar-refractivity contribution is 0.0952. The van der Waals surface area contributed by atoms with Crippen LogP contribution in [0.4, 0.5) is 0 Å². The predicted molar refractivity (Wildman–Crippen MR) is 102 cm³/mol. The highest BCUT2D eigenvalue weighted by molar-refractivity contribution is 7.98. The van der Waals surface area contributed by atoms with Gasteiger partial charge in [-0.05, 0) is 18.6 Å². The van der Waals surface area contributed by atoms with E-state index in [0.717, 1.165) is 11.5 Å². The van der Waals surface area contributed by atoms with Crippen molar-refractivity contribution in [2.45, 2.75) is 12.7 Å². The maximum atomic E-state index is 12.3. The van der Waals surface area contributed by atoms with Crippen LogP contribution in [0, 0.1) is 6.92 Å². The Morgan fingerprint density at radius 1 is 1.12 bits per heavy atom. The van der Waals surface area contributed by atoms with E-state index in [0.29, 0.717) is 17.3 Å². The first-order valence-electron chi connectivity index (χ1n) is 8.04. The van der Waals surface area contributed by atoms with Crippen LogP contribution < -0.4 is 10.9 Å². The Balaban J connectivity index is 1.54. The molecule has 3 rings (SSSR count). The van der Waals surface area contributed by atoms with Crippen molar-refractivity contribution in [1.29, 1.82) is 0 Å². The van der Waals surface area contributed by atoms with Gasteiger partial charge in [0.15, 0.2) is 5.69 Å². The van der Waals surface area contributed by atoms with Crippen molar-refractivity contribution in [3.63, 3.8) is 0 Å². The Bertz CT molecular complexity index is 935. The van der Waals surface area contributed by atoms with Gasteiger partial charge < -0.3 is 5.32 Å². The van der Waals surface area contributed by atoms with Crippen LogP contribution in [0.5, 0.6) is 0 Å². The van der Waals surface area contributed by atoms with Crippen molar-refractivity contribution >= 4 is 28.4 Å². The molecular formula is C19H19N3O2S. The summed E-state index contributed by atoms with van der Waals surface area (Å²) in [7, 11) is 0. The minimum Gasteiger partial charge on any atom is -0.350 e. The molecule has 6 heteroatoms. The first-order valence-corrected chi connectivity index (χ1v) is 9.19. The second-order valence-electron chi connectivity index (χ2n) is 5.74. The first kappa shape index (κ1) is 17.2. The summed E-state index contributed by atoms with van der Waals surface area (Å²) in [5.41, 5.74) is 2.48. The molecule has 5 nitrogen and oxygen atoms in total. The highest BCUT2D eigenvalue weighted by Gasteiger charge is 2.13. The number of nitrogens with zero attached hydrogens (tertiary/aromatic N) is 1. The zero-order chi connectivity index (χ0) is 17.6. The van der Waals surface area contributed by atoms with E-state index < -0.39 is 0 Å². The summed E-state index contributed by atoms with van der Waals surface area (Å²) in [6.07, 6.45) is 0. The fourth-order valence-corrected chi connectivity index (χ4v) is 3.30. The lowest BCUT2D eigenvalue weighted by Crippen LogP contribution is -2.28. The molecular weight excluding hydrogens is 334 g/mol. The third-order valence-electron chi connectivity index (χ3n) is 3.83. The molecule has 0 aliphatic heterocycles. The SMILES string of the molecule is Cc1ccc(CSCCNC(=O)c2n[nH]c(=O)c3ccccc23)cc1. The number of fused-ring (bicyclic) bond motifs is 1. The van der Waals surface area contributed by atoms with E-state index in [1.165, 1.54) is 11.1 Å². The van der Waals surface area contributed by atoms with Gasteiger partial charge in [-0.1, -0.05) is 48.0 Å². The molecule has 0 saturated carbocycles. The molecule has 1 amide bonds. The van der Waals surface area contributed by atoms with E-state index in [9.17, 15) is 9.59 Å². The van der Waals surface area contributed by atoms with Gasteiger partial charge >= 0.3 is 0 Å². The molecule has 0 saturated heterocycles. The zero-order valence-corrected chi connectivity index (χ0v) is 14.7. The van der Waals surface area contributed by atoms with Crippen molar-refractivity contribution in [2.75, 3.05) is 12.3 Å². The summed E-state index contributed by atoms with van der Waals surface area (Å²) in [5, 5.41) is 10.2. The molecule has 0 spiro atoms. The topological polar surface area (TPSA) is 74.8 Å².